The predicted octanol–water partition coefficient (Wildman–Crippen LogP) is 0.530. The fourth-order valence-electron chi connectivity index (χ4n) is 2.73. The first-order chi connectivity index (χ1) is 9.20. The number of hydrogen-bond acceptors (Lipinski definition) is 4. The molecule has 1 aliphatic heterocycles. The Hall–Kier alpha value is -2.01. The van der Waals surface area contributed by atoms with Crippen LogP contribution >= 0.6 is 0 Å². The van der Waals surface area contributed by atoms with E-state index in [1.54, 1.807) is 11.6 Å². The number of piperazine rings is 1. The van der Waals surface area contributed by atoms with Gasteiger partial charge in [-0.2, -0.15) is 0 Å². The van der Waals surface area contributed by atoms with Gasteiger partial charge in [-0.15, -0.1) is 0 Å². The Bertz CT molecular complexity index is 671. The lowest BCUT2D eigenvalue weighted by atomic mass is 10.1. The molecule has 5 heteroatoms. The number of anilines is 2. The summed E-state index contributed by atoms with van der Waals surface area (Å²) in [4.78, 5) is 14.4. The monoisotopic (exact) mass is 258 g/mol. The second kappa shape index (κ2) is 4.59. The van der Waals surface area contributed by atoms with Gasteiger partial charge in [-0.25, -0.2) is 0 Å². The minimum atomic E-state index is -0.118. The molecule has 2 aromatic rings. The van der Waals surface area contributed by atoms with Gasteiger partial charge in [-0.1, -0.05) is 18.2 Å². The summed E-state index contributed by atoms with van der Waals surface area (Å²) in [6, 6.07) is 7.92. The van der Waals surface area contributed by atoms with Gasteiger partial charge < -0.3 is 20.5 Å². The molecule has 19 heavy (non-hydrogen) atoms. The molecule has 1 saturated heterocycles. The fraction of sp³-hybridized carbons (Fsp3) is 0.357. The molecular formula is C14H18N4O. The lowest BCUT2D eigenvalue weighted by Crippen LogP contribution is -2.44. The van der Waals surface area contributed by atoms with Crippen LogP contribution in [0.2, 0.25) is 0 Å². The maximum atomic E-state index is 12.2. The molecular weight excluding hydrogens is 240 g/mol. The fourth-order valence-corrected chi connectivity index (χ4v) is 2.73. The Kier molecular flexibility index (Phi) is 2.91. The summed E-state index contributed by atoms with van der Waals surface area (Å²) in [7, 11) is 1.77. The van der Waals surface area contributed by atoms with Crippen molar-refractivity contribution in [3.63, 3.8) is 0 Å². The van der Waals surface area contributed by atoms with Crippen LogP contribution in [0.3, 0.4) is 0 Å². The first-order valence-corrected chi connectivity index (χ1v) is 6.53. The average molecular weight is 258 g/mol. The summed E-state index contributed by atoms with van der Waals surface area (Å²) < 4.78 is 1.62. The number of nitrogens with one attached hydrogen (secondary N) is 1. The Morgan fingerprint density at radius 3 is 2.63 bits per heavy atom. The number of nitrogens with two attached hydrogens (primary N) is 1. The van der Waals surface area contributed by atoms with E-state index in [0.29, 0.717) is 5.69 Å². The van der Waals surface area contributed by atoms with Crippen LogP contribution in [0.15, 0.2) is 29.1 Å². The minimum absolute atomic E-state index is 0.118. The summed E-state index contributed by atoms with van der Waals surface area (Å²) in [6.07, 6.45) is 0. The van der Waals surface area contributed by atoms with E-state index in [1.165, 1.54) is 0 Å². The van der Waals surface area contributed by atoms with Gasteiger partial charge in [0.05, 0.1) is 11.2 Å². The topological polar surface area (TPSA) is 63.3 Å². The number of nitrogens with zero attached hydrogens (tertiary/aromatic N) is 2. The number of aromatic nitrogens is 1. The second-order valence-electron chi connectivity index (χ2n) is 4.88. The molecule has 0 radical (unpaired) electrons. The number of fused-ring (bicyclic) bond motifs is 1. The average Bonchev–Trinajstić information content (AvgIpc) is 2.46. The molecule has 5 nitrogen and oxygen atoms in total. The molecule has 0 amide bonds. The Labute approximate surface area is 111 Å². The van der Waals surface area contributed by atoms with Crippen LogP contribution in [0.5, 0.6) is 0 Å². The van der Waals surface area contributed by atoms with Crippen LogP contribution in [0, 0.1) is 0 Å². The van der Waals surface area contributed by atoms with Gasteiger partial charge in [-0.3, -0.25) is 4.79 Å². The second-order valence-corrected chi connectivity index (χ2v) is 4.88. The molecule has 2 heterocycles. The van der Waals surface area contributed by atoms with Crippen molar-refractivity contribution < 1.29 is 0 Å². The first-order valence-electron chi connectivity index (χ1n) is 6.53. The van der Waals surface area contributed by atoms with Crippen LogP contribution in [-0.2, 0) is 7.05 Å². The van der Waals surface area contributed by atoms with Crippen LogP contribution in [0.25, 0.3) is 10.9 Å². The van der Waals surface area contributed by atoms with E-state index in [4.69, 9.17) is 5.73 Å². The molecule has 0 bridgehead atoms. The van der Waals surface area contributed by atoms with Gasteiger partial charge in [0.25, 0.3) is 5.56 Å². The van der Waals surface area contributed by atoms with E-state index in [1.807, 2.05) is 24.3 Å². The first kappa shape index (κ1) is 12.0. The standard InChI is InChI=1S/C14H18N4O/c1-17-11-5-3-2-4-10(11)13(12(15)14(17)19)18-8-6-16-7-9-18/h2-5,16H,6-9,15H2,1H3. The Morgan fingerprint density at radius 2 is 1.89 bits per heavy atom. The molecule has 3 rings (SSSR count). The highest BCUT2D eigenvalue weighted by atomic mass is 16.1. The van der Waals surface area contributed by atoms with Gasteiger partial charge >= 0.3 is 0 Å². The van der Waals surface area contributed by atoms with Gasteiger partial charge in [0.15, 0.2) is 0 Å². The van der Waals surface area contributed by atoms with Crippen LogP contribution in [0.1, 0.15) is 0 Å². The Morgan fingerprint density at radius 1 is 1.21 bits per heavy atom. The molecule has 100 valence electrons. The van der Waals surface area contributed by atoms with Crippen molar-refractivity contribution in [2.45, 2.75) is 0 Å². The van der Waals surface area contributed by atoms with Crippen molar-refractivity contribution in [1.29, 1.82) is 0 Å². The molecule has 1 aliphatic rings. The van der Waals surface area contributed by atoms with E-state index in [9.17, 15) is 4.79 Å². The molecule has 0 spiro atoms. The van der Waals surface area contributed by atoms with E-state index >= 15 is 0 Å². The van der Waals surface area contributed by atoms with Gasteiger partial charge in [0.1, 0.15) is 5.69 Å². The Balaban J connectivity index is 2.30. The SMILES string of the molecule is Cn1c(=O)c(N)c(N2CCNCC2)c2ccccc21. The minimum Gasteiger partial charge on any atom is -0.393 e. The molecule has 1 aromatic carbocycles. The van der Waals surface area contributed by atoms with Crippen LogP contribution < -0.4 is 21.5 Å². The molecule has 0 unspecified atom stereocenters. The van der Waals surface area contributed by atoms with E-state index < -0.39 is 0 Å². The number of benzene rings is 1. The predicted molar refractivity (Wildman–Crippen MR) is 78.7 cm³/mol. The summed E-state index contributed by atoms with van der Waals surface area (Å²) in [5, 5.41) is 4.36. The lowest BCUT2D eigenvalue weighted by molar-refractivity contribution is 0.590. The van der Waals surface area contributed by atoms with Gasteiger partial charge in [0.2, 0.25) is 0 Å². The highest BCUT2D eigenvalue weighted by Crippen LogP contribution is 2.30. The number of hydrogen-bond donors (Lipinski definition) is 2. The number of rotatable bonds is 1. The molecule has 1 aromatic heterocycles. The normalized spacial score (nSPS) is 15.9. The van der Waals surface area contributed by atoms with Gasteiger partial charge in [0, 0.05) is 38.6 Å². The van der Waals surface area contributed by atoms with Crippen molar-refractivity contribution in [1.82, 2.24) is 9.88 Å². The number of para-hydroxylation sites is 1. The number of aryl methyl sites for hydroxylation is 1. The highest BCUT2D eigenvalue weighted by molar-refractivity contribution is 5.97. The number of pyridine rings is 1. The maximum absolute atomic E-state index is 12.2. The van der Waals surface area contributed by atoms with Crippen molar-refractivity contribution in [3.05, 3.63) is 34.6 Å². The summed E-state index contributed by atoms with van der Waals surface area (Å²) in [5.41, 5.74) is 8.13. The van der Waals surface area contributed by atoms with Crippen molar-refractivity contribution in [2.24, 2.45) is 7.05 Å². The third kappa shape index (κ3) is 1.86. The summed E-state index contributed by atoms with van der Waals surface area (Å²) in [6.45, 7) is 3.59. The van der Waals surface area contributed by atoms with Crippen molar-refractivity contribution >= 4 is 22.3 Å². The highest BCUT2D eigenvalue weighted by Gasteiger charge is 2.19. The quantitative estimate of drug-likeness (QED) is 0.783. The molecule has 1 fully saturated rings. The zero-order chi connectivity index (χ0) is 13.4. The summed E-state index contributed by atoms with van der Waals surface area (Å²) in [5.74, 6) is 0. The third-order valence-corrected chi connectivity index (χ3v) is 3.74. The lowest BCUT2D eigenvalue weighted by Gasteiger charge is -2.31. The molecule has 0 saturated carbocycles. The van der Waals surface area contributed by atoms with E-state index in [2.05, 4.69) is 10.2 Å². The summed E-state index contributed by atoms with van der Waals surface area (Å²) >= 11 is 0. The smallest absolute Gasteiger partial charge is 0.276 e. The number of nitrogen functional groups attached to an aromatic ring is 1. The van der Waals surface area contributed by atoms with Gasteiger partial charge in [-0.05, 0) is 6.07 Å². The zero-order valence-electron chi connectivity index (χ0n) is 11.0. The van der Waals surface area contributed by atoms with Crippen LogP contribution in [0.4, 0.5) is 11.4 Å². The molecule has 0 aliphatic carbocycles. The maximum Gasteiger partial charge on any atom is 0.276 e. The molecule has 3 N–H and O–H groups in total. The van der Waals surface area contributed by atoms with Crippen LogP contribution in [-0.4, -0.2) is 30.7 Å². The molecule has 0 atom stereocenters. The van der Waals surface area contributed by atoms with E-state index in [-0.39, 0.29) is 5.56 Å². The van der Waals surface area contributed by atoms with E-state index in [0.717, 1.165) is 42.8 Å². The third-order valence-electron chi connectivity index (χ3n) is 3.74. The van der Waals surface area contributed by atoms with Crippen molar-refractivity contribution in [2.75, 3.05) is 36.8 Å². The largest absolute Gasteiger partial charge is 0.393 e. The van der Waals surface area contributed by atoms with Crippen molar-refractivity contribution in [3.8, 4) is 0 Å². The zero-order valence-corrected chi connectivity index (χ0v) is 11.0.